The number of hydrogen-bond donors (Lipinski definition) is 3. The molecule has 0 saturated carbocycles. The molecule has 1 aromatic rings. The molecule has 0 aliphatic heterocycles. The lowest BCUT2D eigenvalue weighted by atomic mass is 10.1. The Labute approximate surface area is 142 Å². The Kier molecular flexibility index (Phi) is 15.4. The summed E-state index contributed by atoms with van der Waals surface area (Å²) in [6, 6.07) is 0.219. The van der Waals surface area contributed by atoms with Crippen LogP contribution in [0.4, 0.5) is 0 Å². The van der Waals surface area contributed by atoms with Crippen molar-refractivity contribution in [1.29, 1.82) is 0 Å². The van der Waals surface area contributed by atoms with Crippen LogP contribution in [0.5, 0.6) is 0 Å². The fourth-order valence-electron chi connectivity index (χ4n) is 1.03. The first kappa shape index (κ1) is 23.8. The summed E-state index contributed by atoms with van der Waals surface area (Å²) in [5.74, 6) is 0.370. The maximum atomic E-state index is 10.7. The first-order valence-electron chi connectivity index (χ1n) is 7.55. The molecular weight excluding hydrogens is 314 g/mol. The Balaban J connectivity index is 0. The van der Waals surface area contributed by atoms with Crippen LogP contribution in [0, 0.1) is 5.92 Å². The van der Waals surface area contributed by atoms with E-state index in [4.69, 9.17) is 10.5 Å². The summed E-state index contributed by atoms with van der Waals surface area (Å²) >= 11 is 0. The highest BCUT2D eigenvalue weighted by Crippen LogP contribution is 1.98. The van der Waals surface area contributed by atoms with Gasteiger partial charge in [0.25, 0.3) is 6.47 Å². The first-order chi connectivity index (χ1) is 11.3. The highest BCUT2D eigenvalue weighted by molar-refractivity contribution is 5.83. The molecule has 0 radical (unpaired) electrons. The molecule has 0 spiro atoms. The van der Waals surface area contributed by atoms with E-state index in [2.05, 4.69) is 34.3 Å². The standard InChI is InChI=1S/C7H16N2O.C6H9N3O.C2H4O2/c1-5(2)6(3)9-7(10)4-8;1-2-6(10)8-9-4-3-7-5-9;1-4-2-3/h5-6H,4,8H2,1-3H3,(H,9,10);3-5H,2H2,1H3,(H,8,10);2H,1H3. The molecule has 1 heterocycles. The Bertz CT molecular complexity index is 449. The first-order valence-corrected chi connectivity index (χ1v) is 7.55. The van der Waals surface area contributed by atoms with Crippen molar-refractivity contribution in [3.05, 3.63) is 18.7 Å². The number of carbonyl (C=O) groups excluding carboxylic acids is 3. The number of imidazole rings is 1. The second kappa shape index (κ2) is 15.5. The number of aromatic nitrogens is 2. The number of ether oxygens (including phenoxy) is 1. The van der Waals surface area contributed by atoms with Gasteiger partial charge in [-0.25, -0.2) is 9.66 Å². The van der Waals surface area contributed by atoms with Crippen LogP contribution >= 0.6 is 0 Å². The Morgan fingerprint density at radius 1 is 1.33 bits per heavy atom. The van der Waals surface area contributed by atoms with E-state index in [1.54, 1.807) is 19.3 Å². The van der Waals surface area contributed by atoms with Gasteiger partial charge in [-0.3, -0.25) is 19.8 Å². The average molecular weight is 343 g/mol. The van der Waals surface area contributed by atoms with Gasteiger partial charge >= 0.3 is 0 Å². The number of nitrogens with two attached hydrogens (primary N) is 1. The number of amides is 2. The van der Waals surface area contributed by atoms with Gasteiger partial charge in [0.2, 0.25) is 11.8 Å². The molecular formula is C15H29N5O4. The van der Waals surface area contributed by atoms with E-state index in [1.807, 2.05) is 6.92 Å². The zero-order chi connectivity index (χ0) is 19.0. The highest BCUT2D eigenvalue weighted by atomic mass is 16.5. The van der Waals surface area contributed by atoms with Crippen LogP contribution in [0.25, 0.3) is 0 Å². The summed E-state index contributed by atoms with van der Waals surface area (Å²) in [5, 5.41) is 2.77. The molecule has 0 aliphatic carbocycles. The summed E-state index contributed by atoms with van der Waals surface area (Å²) in [4.78, 5) is 34.1. The minimum absolute atomic E-state index is 0.0157. The summed E-state index contributed by atoms with van der Waals surface area (Å²) in [7, 11) is 1.31. The predicted molar refractivity (Wildman–Crippen MR) is 91.5 cm³/mol. The van der Waals surface area contributed by atoms with Gasteiger partial charge in [-0.15, -0.1) is 0 Å². The minimum Gasteiger partial charge on any atom is -0.471 e. The molecule has 0 bridgehead atoms. The van der Waals surface area contributed by atoms with Gasteiger partial charge in [0.1, 0.15) is 6.33 Å². The van der Waals surface area contributed by atoms with Gasteiger partial charge in [-0.1, -0.05) is 20.8 Å². The monoisotopic (exact) mass is 343 g/mol. The molecule has 4 N–H and O–H groups in total. The molecule has 0 aliphatic rings. The van der Waals surface area contributed by atoms with Crippen LogP contribution < -0.4 is 16.5 Å². The number of nitrogens with one attached hydrogen (secondary N) is 2. The molecule has 1 atom stereocenters. The number of rotatable bonds is 6. The third-order valence-electron chi connectivity index (χ3n) is 2.75. The van der Waals surface area contributed by atoms with Crippen LogP contribution in [0.1, 0.15) is 34.1 Å². The molecule has 0 saturated heterocycles. The molecule has 1 rings (SSSR count). The summed E-state index contributed by atoms with van der Waals surface area (Å²) in [6.07, 6.45) is 5.30. The average Bonchev–Trinajstić information content (AvgIpc) is 3.08. The van der Waals surface area contributed by atoms with Crippen molar-refractivity contribution in [2.24, 2.45) is 11.7 Å². The summed E-state index contributed by atoms with van der Waals surface area (Å²) in [5.41, 5.74) is 7.70. The van der Waals surface area contributed by atoms with Crippen molar-refractivity contribution in [3.8, 4) is 0 Å². The van der Waals surface area contributed by atoms with E-state index in [0.717, 1.165) is 0 Å². The molecule has 2 amide bonds. The van der Waals surface area contributed by atoms with Gasteiger partial charge < -0.3 is 15.8 Å². The van der Waals surface area contributed by atoms with E-state index >= 15 is 0 Å². The van der Waals surface area contributed by atoms with Crippen LogP contribution in [-0.4, -0.2) is 47.6 Å². The number of carbonyl (C=O) groups is 3. The molecule has 24 heavy (non-hydrogen) atoms. The second-order valence-corrected chi connectivity index (χ2v) is 4.99. The lowest BCUT2D eigenvalue weighted by Crippen LogP contribution is -2.39. The molecule has 9 nitrogen and oxygen atoms in total. The second-order valence-electron chi connectivity index (χ2n) is 4.99. The molecule has 9 heteroatoms. The van der Waals surface area contributed by atoms with Gasteiger partial charge in [-0.05, 0) is 12.8 Å². The maximum absolute atomic E-state index is 10.7. The normalized spacial score (nSPS) is 10.3. The zero-order valence-corrected chi connectivity index (χ0v) is 15.0. The number of hydrogen-bond acceptors (Lipinski definition) is 6. The lowest BCUT2D eigenvalue weighted by molar-refractivity contribution is -0.126. The smallest absolute Gasteiger partial charge is 0.292 e. The van der Waals surface area contributed by atoms with Gasteiger partial charge in [0.15, 0.2) is 0 Å². The largest absolute Gasteiger partial charge is 0.471 e. The number of methoxy groups -OCH3 is 1. The lowest BCUT2D eigenvalue weighted by Gasteiger charge is -2.16. The predicted octanol–water partition coefficient (Wildman–Crippen LogP) is 0.258. The molecule has 0 fully saturated rings. The van der Waals surface area contributed by atoms with Crippen LogP contribution in [0.15, 0.2) is 18.7 Å². The van der Waals surface area contributed by atoms with Crippen molar-refractivity contribution in [1.82, 2.24) is 15.0 Å². The summed E-state index contributed by atoms with van der Waals surface area (Å²) < 4.78 is 5.38. The van der Waals surface area contributed by atoms with Gasteiger partial charge in [0.05, 0.1) is 13.7 Å². The molecule has 138 valence electrons. The van der Waals surface area contributed by atoms with E-state index in [9.17, 15) is 9.59 Å². The van der Waals surface area contributed by atoms with Crippen LogP contribution in [0.2, 0.25) is 0 Å². The molecule has 0 aromatic carbocycles. The SMILES string of the molecule is CC(C)C(C)NC(=O)CN.CCC(=O)Nn1ccnc1.COC=O. The van der Waals surface area contributed by atoms with Crippen molar-refractivity contribution in [3.63, 3.8) is 0 Å². The van der Waals surface area contributed by atoms with Crippen molar-refractivity contribution >= 4 is 18.3 Å². The third kappa shape index (κ3) is 14.5. The Morgan fingerprint density at radius 3 is 2.25 bits per heavy atom. The zero-order valence-electron chi connectivity index (χ0n) is 15.0. The Hall–Kier alpha value is -2.42. The van der Waals surface area contributed by atoms with E-state index in [1.165, 1.54) is 18.1 Å². The van der Waals surface area contributed by atoms with Gasteiger partial charge in [-0.2, -0.15) is 0 Å². The number of nitrogens with zero attached hydrogens (tertiary/aromatic N) is 2. The highest BCUT2D eigenvalue weighted by Gasteiger charge is 2.08. The quantitative estimate of drug-likeness (QED) is 0.636. The molecule has 1 aromatic heterocycles. The minimum atomic E-state index is -0.0822. The Morgan fingerprint density at radius 2 is 1.92 bits per heavy atom. The third-order valence-corrected chi connectivity index (χ3v) is 2.75. The maximum Gasteiger partial charge on any atom is 0.292 e. The van der Waals surface area contributed by atoms with E-state index in [-0.39, 0.29) is 24.4 Å². The van der Waals surface area contributed by atoms with Gasteiger partial charge in [0, 0.05) is 24.9 Å². The van der Waals surface area contributed by atoms with Crippen molar-refractivity contribution in [2.45, 2.75) is 40.2 Å². The van der Waals surface area contributed by atoms with E-state index < -0.39 is 0 Å². The topological polar surface area (TPSA) is 128 Å². The summed E-state index contributed by atoms with van der Waals surface area (Å²) in [6.45, 7) is 8.34. The fraction of sp³-hybridized carbons (Fsp3) is 0.600. The van der Waals surface area contributed by atoms with Crippen molar-refractivity contribution in [2.75, 3.05) is 19.1 Å². The van der Waals surface area contributed by atoms with Crippen LogP contribution in [-0.2, 0) is 19.1 Å². The fourth-order valence-corrected chi connectivity index (χ4v) is 1.03. The molecule has 1 unspecified atom stereocenters. The van der Waals surface area contributed by atoms with E-state index in [0.29, 0.717) is 18.8 Å². The van der Waals surface area contributed by atoms with Crippen molar-refractivity contribution < 1.29 is 19.1 Å². The van der Waals surface area contributed by atoms with Crippen LogP contribution in [0.3, 0.4) is 0 Å².